The summed E-state index contributed by atoms with van der Waals surface area (Å²) in [5.41, 5.74) is 1.76. The number of rotatable bonds is 5. The zero-order valence-electron chi connectivity index (χ0n) is 10.3. The molecule has 18 heavy (non-hydrogen) atoms. The minimum atomic E-state index is 0.208. The molecular formula is C14H15BrN2O. The van der Waals surface area contributed by atoms with Gasteiger partial charge in [0, 0.05) is 35.0 Å². The number of Topliss-reactive ketones (excluding diaryl/α,β-unsaturated/α-hetero) is 1. The van der Waals surface area contributed by atoms with E-state index in [1.165, 1.54) is 0 Å². The summed E-state index contributed by atoms with van der Waals surface area (Å²) in [5.74, 6) is 0.208. The summed E-state index contributed by atoms with van der Waals surface area (Å²) in [5, 5.41) is 0. The highest BCUT2D eigenvalue weighted by molar-refractivity contribution is 9.10. The smallest absolute Gasteiger partial charge is 0.164 e. The van der Waals surface area contributed by atoms with Crippen molar-refractivity contribution >= 4 is 21.7 Å². The third-order valence-corrected chi connectivity index (χ3v) is 3.15. The Labute approximate surface area is 115 Å². The van der Waals surface area contributed by atoms with E-state index in [4.69, 9.17) is 0 Å². The highest BCUT2D eigenvalue weighted by Crippen LogP contribution is 2.11. The van der Waals surface area contributed by atoms with Gasteiger partial charge in [0.2, 0.25) is 0 Å². The van der Waals surface area contributed by atoms with E-state index in [-0.39, 0.29) is 5.78 Å². The van der Waals surface area contributed by atoms with E-state index in [1.54, 1.807) is 6.20 Å². The number of ketones is 1. The maximum Gasteiger partial charge on any atom is 0.164 e. The molecule has 0 aliphatic carbocycles. The summed E-state index contributed by atoms with van der Waals surface area (Å²) in [6, 6.07) is 5.81. The van der Waals surface area contributed by atoms with Crippen LogP contribution in [-0.2, 0) is 6.54 Å². The van der Waals surface area contributed by atoms with Gasteiger partial charge in [0.25, 0.3) is 0 Å². The summed E-state index contributed by atoms with van der Waals surface area (Å²) in [4.78, 5) is 16.0. The quantitative estimate of drug-likeness (QED) is 0.790. The number of carbonyl (C=O) groups excluding carboxylic acids is 1. The molecule has 0 aliphatic heterocycles. The van der Waals surface area contributed by atoms with Crippen LogP contribution < -0.4 is 0 Å². The number of halogens is 1. The first-order chi connectivity index (χ1) is 8.69. The molecule has 94 valence electrons. The van der Waals surface area contributed by atoms with Gasteiger partial charge in [0.1, 0.15) is 0 Å². The Balaban J connectivity index is 2.06. The van der Waals surface area contributed by atoms with Gasteiger partial charge >= 0.3 is 0 Å². The molecule has 0 aromatic carbocycles. The Morgan fingerprint density at radius 3 is 2.89 bits per heavy atom. The van der Waals surface area contributed by atoms with E-state index in [0.29, 0.717) is 13.0 Å². The molecular weight excluding hydrogens is 292 g/mol. The fraction of sp³-hybridized carbons (Fsp3) is 0.286. The maximum atomic E-state index is 11.7. The molecule has 0 atom stereocenters. The molecule has 0 fully saturated rings. The molecule has 0 amide bonds. The predicted molar refractivity (Wildman–Crippen MR) is 74.7 cm³/mol. The molecule has 4 heteroatoms. The van der Waals surface area contributed by atoms with E-state index in [2.05, 4.69) is 20.9 Å². The third-order valence-electron chi connectivity index (χ3n) is 2.68. The molecule has 0 saturated heterocycles. The average molecular weight is 307 g/mol. The fourth-order valence-electron chi connectivity index (χ4n) is 1.76. The van der Waals surface area contributed by atoms with E-state index >= 15 is 0 Å². The molecule has 2 aromatic rings. The Kier molecular flexibility index (Phi) is 4.31. The Morgan fingerprint density at radius 2 is 2.22 bits per heavy atom. The lowest BCUT2D eigenvalue weighted by molar-refractivity contribution is 0.0981. The maximum absolute atomic E-state index is 11.7. The van der Waals surface area contributed by atoms with E-state index in [0.717, 1.165) is 22.2 Å². The highest BCUT2D eigenvalue weighted by atomic mass is 79.9. The fourth-order valence-corrected chi connectivity index (χ4v) is 2.00. The monoisotopic (exact) mass is 306 g/mol. The minimum Gasteiger partial charge on any atom is -0.348 e. The zero-order chi connectivity index (χ0) is 13.0. The van der Waals surface area contributed by atoms with Gasteiger partial charge < -0.3 is 4.57 Å². The van der Waals surface area contributed by atoms with Crippen LogP contribution >= 0.6 is 15.9 Å². The van der Waals surface area contributed by atoms with E-state index in [1.807, 2.05) is 42.1 Å². The van der Waals surface area contributed by atoms with Gasteiger partial charge in [-0.05, 0) is 40.5 Å². The van der Waals surface area contributed by atoms with E-state index < -0.39 is 0 Å². The highest BCUT2D eigenvalue weighted by Gasteiger charge is 2.06. The van der Waals surface area contributed by atoms with Crippen LogP contribution in [0.25, 0.3) is 0 Å². The van der Waals surface area contributed by atoms with Gasteiger partial charge in [0.15, 0.2) is 5.78 Å². The molecule has 3 nitrogen and oxygen atoms in total. The summed E-state index contributed by atoms with van der Waals surface area (Å²) in [7, 11) is 0. The van der Waals surface area contributed by atoms with Crippen molar-refractivity contribution < 1.29 is 4.79 Å². The molecule has 2 heterocycles. The largest absolute Gasteiger partial charge is 0.348 e. The van der Waals surface area contributed by atoms with Crippen LogP contribution in [0, 0.1) is 0 Å². The number of pyridine rings is 1. The molecule has 0 aliphatic rings. The first kappa shape index (κ1) is 13.0. The van der Waals surface area contributed by atoms with Crippen molar-refractivity contribution in [1.29, 1.82) is 0 Å². The van der Waals surface area contributed by atoms with Gasteiger partial charge in [-0.25, -0.2) is 0 Å². The van der Waals surface area contributed by atoms with E-state index in [9.17, 15) is 4.79 Å². The molecule has 0 N–H and O–H groups in total. The van der Waals surface area contributed by atoms with Gasteiger partial charge in [0.05, 0.1) is 12.2 Å². The lowest BCUT2D eigenvalue weighted by Crippen LogP contribution is -2.00. The van der Waals surface area contributed by atoms with Crippen molar-refractivity contribution in [1.82, 2.24) is 9.55 Å². The number of nitrogens with zero attached hydrogens (tertiary/aromatic N) is 2. The standard InChI is InChI=1S/C14H15BrN2O/c1-2-3-14(18)11-6-7-17(9-11)10-13-5-4-12(15)8-16-13/h4-9H,2-3,10H2,1H3. The Hall–Kier alpha value is -1.42. The van der Waals surface area contributed by atoms with Gasteiger partial charge in [-0.15, -0.1) is 0 Å². The Bertz CT molecular complexity index is 531. The summed E-state index contributed by atoms with van der Waals surface area (Å²) >= 11 is 3.36. The molecule has 0 saturated carbocycles. The van der Waals surface area contributed by atoms with Gasteiger partial charge in [-0.2, -0.15) is 0 Å². The second-order valence-electron chi connectivity index (χ2n) is 4.21. The second kappa shape index (κ2) is 5.96. The number of aromatic nitrogens is 2. The van der Waals surface area contributed by atoms with Crippen molar-refractivity contribution in [2.24, 2.45) is 0 Å². The van der Waals surface area contributed by atoms with Gasteiger partial charge in [-0.1, -0.05) is 6.92 Å². The minimum absolute atomic E-state index is 0.208. The van der Waals surface area contributed by atoms with Crippen molar-refractivity contribution in [2.45, 2.75) is 26.3 Å². The van der Waals surface area contributed by atoms with Crippen molar-refractivity contribution in [3.63, 3.8) is 0 Å². The summed E-state index contributed by atoms with van der Waals surface area (Å²) < 4.78 is 2.96. The average Bonchev–Trinajstić information content (AvgIpc) is 2.81. The van der Waals surface area contributed by atoms with Crippen LogP contribution in [0.2, 0.25) is 0 Å². The SMILES string of the molecule is CCCC(=O)c1ccn(Cc2ccc(Br)cn2)c1. The molecule has 0 bridgehead atoms. The first-order valence-electron chi connectivity index (χ1n) is 5.98. The molecule has 0 radical (unpaired) electrons. The van der Waals surface area contributed by atoms with Crippen molar-refractivity contribution in [3.05, 3.63) is 52.5 Å². The van der Waals surface area contributed by atoms with Crippen LogP contribution in [0.4, 0.5) is 0 Å². The summed E-state index contributed by atoms with van der Waals surface area (Å²) in [6.07, 6.45) is 7.09. The van der Waals surface area contributed by atoms with Crippen molar-refractivity contribution in [2.75, 3.05) is 0 Å². The molecule has 0 spiro atoms. The van der Waals surface area contributed by atoms with Crippen LogP contribution in [0.1, 0.15) is 35.8 Å². The van der Waals surface area contributed by atoms with Crippen LogP contribution in [0.15, 0.2) is 41.3 Å². The lowest BCUT2D eigenvalue weighted by Gasteiger charge is -2.02. The topological polar surface area (TPSA) is 34.9 Å². The summed E-state index contributed by atoms with van der Waals surface area (Å²) in [6.45, 7) is 2.70. The zero-order valence-corrected chi connectivity index (χ0v) is 11.9. The normalized spacial score (nSPS) is 10.6. The molecule has 2 aromatic heterocycles. The number of carbonyl (C=O) groups is 1. The van der Waals surface area contributed by atoms with Crippen molar-refractivity contribution in [3.8, 4) is 0 Å². The van der Waals surface area contributed by atoms with Crippen LogP contribution in [0.5, 0.6) is 0 Å². The lowest BCUT2D eigenvalue weighted by atomic mass is 10.1. The number of hydrogen-bond donors (Lipinski definition) is 0. The molecule has 2 rings (SSSR count). The first-order valence-corrected chi connectivity index (χ1v) is 6.77. The third kappa shape index (κ3) is 3.29. The van der Waals surface area contributed by atoms with Crippen LogP contribution in [-0.4, -0.2) is 15.3 Å². The van der Waals surface area contributed by atoms with Gasteiger partial charge in [-0.3, -0.25) is 9.78 Å². The second-order valence-corrected chi connectivity index (χ2v) is 5.13. The predicted octanol–water partition coefficient (Wildman–Crippen LogP) is 3.68. The molecule has 0 unspecified atom stereocenters. The Morgan fingerprint density at radius 1 is 1.39 bits per heavy atom. The number of hydrogen-bond acceptors (Lipinski definition) is 2. The van der Waals surface area contributed by atoms with Crippen LogP contribution in [0.3, 0.4) is 0 Å².